The fraction of sp³-hybridized carbons (Fsp3) is 0.292. The molecule has 152 valence electrons. The van der Waals surface area contributed by atoms with Gasteiger partial charge in [-0.25, -0.2) is 14.8 Å². The Balaban J connectivity index is 1.54. The van der Waals surface area contributed by atoms with E-state index in [4.69, 9.17) is 14.7 Å². The molecule has 30 heavy (non-hydrogen) atoms. The number of aromatic nitrogens is 2. The van der Waals surface area contributed by atoms with Gasteiger partial charge in [0.15, 0.2) is 5.01 Å². The number of hydrogen-bond acceptors (Lipinski definition) is 5. The molecule has 2 aromatic carbocycles. The van der Waals surface area contributed by atoms with Gasteiger partial charge in [-0.15, -0.1) is 11.3 Å². The van der Waals surface area contributed by atoms with Gasteiger partial charge in [-0.2, -0.15) is 0 Å². The number of para-hydroxylation sites is 2. The molecule has 2 aromatic heterocycles. The van der Waals surface area contributed by atoms with Crippen molar-refractivity contribution in [1.82, 2.24) is 9.97 Å². The summed E-state index contributed by atoms with van der Waals surface area (Å²) in [6.45, 7) is 3.73. The van der Waals surface area contributed by atoms with Crippen LogP contribution in [0.25, 0.3) is 21.1 Å². The van der Waals surface area contributed by atoms with Crippen molar-refractivity contribution in [3.05, 3.63) is 70.4 Å². The largest absolute Gasteiger partial charge is 0.465 e. The van der Waals surface area contributed by atoms with Crippen LogP contribution >= 0.6 is 11.3 Å². The predicted molar refractivity (Wildman–Crippen MR) is 119 cm³/mol. The second-order valence-corrected chi connectivity index (χ2v) is 8.93. The molecule has 0 bridgehead atoms. The van der Waals surface area contributed by atoms with Crippen molar-refractivity contribution in [2.45, 2.75) is 32.4 Å². The van der Waals surface area contributed by atoms with Crippen LogP contribution in [0.2, 0.25) is 0 Å². The molecular weight excluding hydrogens is 394 g/mol. The van der Waals surface area contributed by atoms with E-state index in [1.165, 1.54) is 21.7 Å². The first-order valence-electron chi connectivity index (χ1n) is 10.3. The molecule has 3 heterocycles. The Kier molecular flexibility index (Phi) is 4.97. The smallest absolute Gasteiger partial charge is 0.340 e. The molecule has 0 spiro atoms. The van der Waals surface area contributed by atoms with E-state index in [2.05, 4.69) is 18.2 Å². The summed E-state index contributed by atoms with van der Waals surface area (Å²) in [7, 11) is 1.44. The van der Waals surface area contributed by atoms with Crippen LogP contribution in [0.15, 0.2) is 48.5 Å². The van der Waals surface area contributed by atoms with Crippen LogP contribution in [0.1, 0.15) is 45.5 Å². The lowest BCUT2D eigenvalue weighted by Crippen LogP contribution is -3.09. The first kappa shape index (κ1) is 19.2. The fourth-order valence-electron chi connectivity index (χ4n) is 4.62. The van der Waals surface area contributed by atoms with E-state index in [-0.39, 0.29) is 5.97 Å². The first-order valence-corrected chi connectivity index (χ1v) is 11.1. The highest BCUT2D eigenvalue weighted by molar-refractivity contribution is 7.18. The second-order valence-electron chi connectivity index (χ2n) is 7.87. The standard InChI is InChI=1S/C24H23N3O2S/c1-15-16-8-3-4-9-17(16)25-19(22(15)24(28)29-2)14-27-13-7-11-20(27)23-26-18-10-5-6-12-21(18)30-23/h3-6,8-10,12,20H,7,11,13-14H2,1-2H3/p+1/t20-/m1/s1. The lowest BCUT2D eigenvalue weighted by Gasteiger charge is -2.21. The molecule has 0 amide bonds. The molecule has 4 aromatic rings. The quantitative estimate of drug-likeness (QED) is 0.512. The van der Waals surface area contributed by atoms with Gasteiger partial charge in [0.05, 0.1) is 35.0 Å². The molecule has 1 fully saturated rings. The number of rotatable bonds is 4. The Morgan fingerprint density at radius 2 is 1.90 bits per heavy atom. The number of nitrogens with one attached hydrogen (secondary N) is 1. The van der Waals surface area contributed by atoms with Crippen molar-refractivity contribution in [2.24, 2.45) is 0 Å². The second kappa shape index (κ2) is 7.78. The van der Waals surface area contributed by atoms with Crippen molar-refractivity contribution >= 4 is 38.4 Å². The minimum atomic E-state index is -0.309. The molecule has 0 saturated carbocycles. The predicted octanol–water partition coefficient (Wildman–Crippen LogP) is 3.86. The highest BCUT2D eigenvalue weighted by atomic mass is 32.1. The van der Waals surface area contributed by atoms with E-state index in [1.54, 1.807) is 11.3 Å². The Morgan fingerprint density at radius 3 is 2.70 bits per heavy atom. The Bertz CT molecular complexity index is 1220. The number of likely N-dealkylation sites (tertiary alicyclic amines) is 1. The van der Waals surface area contributed by atoms with Gasteiger partial charge in [-0.05, 0) is 30.7 Å². The zero-order valence-corrected chi connectivity index (χ0v) is 18.0. The molecule has 5 rings (SSSR count). The van der Waals surface area contributed by atoms with Crippen molar-refractivity contribution in [1.29, 1.82) is 0 Å². The molecule has 1 aliphatic rings. The molecule has 2 atom stereocenters. The van der Waals surface area contributed by atoms with Gasteiger partial charge in [0.2, 0.25) is 0 Å². The topological polar surface area (TPSA) is 56.5 Å². The zero-order chi connectivity index (χ0) is 20.7. The van der Waals surface area contributed by atoms with Crippen LogP contribution in [-0.4, -0.2) is 29.6 Å². The number of hydrogen-bond donors (Lipinski definition) is 1. The average molecular weight is 419 g/mol. The third-order valence-corrected chi connectivity index (χ3v) is 7.25. The minimum Gasteiger partial charge on any atom is -0.465 e. The summed E-state index contributed by atoms with van der Waals surface area (Å²) in [5.74, 6) is -0.309. The van der Waals surface area contributed by atoms with Gasteiger partial charge >= 0.3 is 5.97 Å². The number of carbonyl (C=O) groups excluding carboxylic acids is 1. The molecule has 6 heteroatoms. The third kappa shape index (κ3) is 3.26. The van der Waals surface area contributed by atoms with Gasteiger partial charge in [0.25, 0.3) is 0 Å². The number of methoxy groups -OCH3 is 1. The summed E-state index contributed by atoms with van der Waals surface area (Å²) in [5, 5.41) is 2.18. The van der Waals surface area contributed by atoms with Crippen LogP contribution in [0, 0.1) is 6.92 Å². The van der Waals surface area contributed by atoms with Gasteiger partial charge in [0, 0.05) is 18.2 Å². The molecular formula is C24H24N3O2S+. The van der Waals surface area contributed by atoms with Gasteiger partial charge in [-0.1, -0.05) is 30.3 Å². The lowest BCUT2D eigenvalue weighted by molar-refractivity contribution is -0.932. The maximum atomic E-state index is 12.7. The van der Waals surface area contributed by atoms with Crippen molar-refractivity contribution < 1.29 is 14.4 Å². The van der Waals surface area contributed by atoms with E-state index >= 15 is 0 Å². The summed E-state index contributed by atoms with van der Waals surface area (Å²) in [6, 6.07) is 16.6. The lowest BCUT2D eigenvalue weighted by atomic mass is 10.0. The molecule has 1 saturated heterocycles. The normalized spacial score (nSPS) is 18.9. The van der Waals surface area contributed by atoms with Crippen LogP contribution in [0.3, 0.4) is 0 Å². The highest BCUT2D eigenvalue weighted by Gasteiger charge is 2.34. The average Bonchev–Trinajstić information content (AvgIpc) is 3.40. The number of pyridine rings is 1. The van der Waals surface area contributed by atoms with Crippen LogP contribution in [-0.2, 0) is 11.3 Å². The molecule has 1 unspecified atom stereocenters. The summed E-state index contributed by atoms with van der Waals surface area (Å²) in [4.78, 5) is 23.9. The molecule has 0 radical (unpaired) electrons. The van der Waals surface area contributed by atoms with E-state index in [0.29, 0.717) is 18.2 Å². The fourth-order valence-corrected chi connectivity index (χ4v) is 5.78. The van der Waals surface area contributed by atoms with Gasteiger partial charge in [0.1, 0.15) is 18.3 Å². The van der Waals surface area contributed by atoms with Crippen LogP contribution < -0.4 is 4.90 Å². The number of ether oxygens (including phenoxy) is 1. The van der Waals surface area contributed by atoms with Crippen LogP contribution in [0.4, 0.5) is 0 Å². The number of thiazole rings is 1. The van der Waals surface area contributed by atoms with Crippen molar-refractivity contribution in [3.8, 4) is 0 Å². The molecule has 0 aliphatic carbocycles. The monoisotopic (exact) mass is 418 g/mol. The maximum Gasteiger partial charge on any atom is 0.340 e. The number of nitrogens with zero attached hydrogens (tertiary/aromatic N) is 2. The van der Waals surface area contributed by atoms with Gasteiger partial charge < -0.3 is 9.64 Å². The third-order valence-electron chi connectivity index (χ3n) is 6.10. The molecule has 1 N–H and O–H groups in total. The number of esters is 1. The number of quaternary nitrogens is 1. The van der Waals surface area contributed by atoms with Gasteiger partial charge in [-0.3, -0.25) is 0 Å². The Hall–Kier alpha value is -2.83. The zero-order valence-electron chi connectivity index (χ0n) is 17.1. The highest BCUT2D eigenvalue weighted by Crippen LogP contribution is 2.29. The number of fused-ring (bicyclic) bond motifs is 2. The molecule has 1 aliphatic heterocycles. The number of aryl methyl sites for hydroxylation is 1. The van der Waals surface area contributed by atoms with Crippen LogP contribution in [0.5, 0.6) is 0 Å². The van der Waals surface area contributed by atoms with E-state index in [0.717, 1.165) is 47.1 Å². The summed E-state index contributed by atoms with van der Waals surface area (Å²) < 4.78 is 6.35. The van der Waals surface area contributed by atoms with E-state index in [1.807, 2.05) is 37.3 Å². The van der Waals surface area contributed by atoms with E-state index in [9.17, 15) is 4.79 Å². The summed E-state index contributed by atoms with van der Waals surface area (Å²) >= 11 is 1.79. The van der Waals surface area contributed by atoms with Crippen molar-refractivity contribution in [3.63, 3.8) is 0 Å². The first-order chi connectivity index (χ1) is 14.7. The SMILES string of the molecule is COC(=O)c1c(C[NH+]2CCC[C@@H]2c2nc3ccccc3s2)nc2ccccc2c1C. The Labute approximate surface area is 179 Å². The number of benzene rings is 2. The maximum absolute atomic E-state index is 12.7. The van der Waals surface area contributed by atoms with E-state index < -0.39 is 0 Å². The molecule has 5 nitrogen and oxygen atoms in total. The van der Waals surface area contributed by atoms with Crippen molar-refractivity contribution in [2.75, 3.05) is 13.7 Å². The number of carbonyl (C=O) groups is 1. The Morgan fingerprint density at radius 1 is 1.13 bits per heavy atom. The summed E-state index contributed by atoms with van der Waals surface area (Å²) in [6.07, 6.45) is 2.26. The summed E-state index contributed by atoms with van der Waals surface area (Å²) in [5.41, 5.74) is 4.36. The minimum absolute atomic E-state index is 0.309.